The predicted molar refractivity (Wildman–Crippen MR) is 112 cm³/mol. The molecule has 0 saturated carbocycles. The first-order valence-corrected chi connectivity index (χ1v) is 10.3. The minimum absolute atomic E-state index is 0.0298. The maximum absolute atomic E-state index is 12.5. The van der Waals surface area contributed by atoms with Crippen LogP contribution >= 0.6 is 0 Å². The highest BCUT2D eigenvalue weighted by Crippen LogP contribution is 2.29. The van der Waals surface area contributed by atoms with Crippen molar-refractivity contribution >= 4 is 32.4 Å². The first-order chi connectivity index (χ1) is 13.8. The number of hydrogen-bond acceptors (Lipinski definition) is 5. The normalized spacial score (nSPS) is 11.4. The molecule has 3 aromatic rings. The first kappa shape index (κ1) is 20.6. The summed E-state index contributed by atoms with van der Waals surface area (Å²) in [7, 11) is 0.515. The lowest BCUT2D eigenvalue weighted by Gasteiger charge is -2.16. The van der Waals surface area contributed by atoms with Crippen LogP contribution in [-0.4, -0.2) is 46.4 Å². The molecule has 0 aliphatic carbocycles. The Bertz CT molecular complexity index is 1140. The summed E-state index contributed by atoms with van der Waals surface area (Å²) in [5.41, 5.74) is 0.331. The van der Waals surface area contributed by atoms with Gasteiger partial charge in [-0.25, -0.2) is 12.7 Å². The molecule has 1 amide bonds. The van der Waals surface area contributed by atoms with Gasteiger partial charge in [0.25, 0.3) is 5.91 Å². The molecule has 0 spiro atoms. The maximum Gasteiger partial charge on any atom is 0.262 e. The molecular weight excluding hydrogens is 392 g/mol. The third-order valence-electron chi connectivity index (χ3n) is 4.31. The third-order valence-corrected chi connectivity index (χ3v) is 6.15. The van der Waals surface area contributed by atoms with E-state index in [4.69, 9.17) is 9.47 Å². The largest absolute Gasteiger partial charge is 0.495 e. The summed E-state index contributed by atoms with van der Waals surface area (Å²) >= 11 is 0. The van der Waals surface area contributed by atoms with E-state index in [2.05, 4.69) is 5.32 Å². The fourth-order valence-corrected chi connectivity index (χ4v) is 3.89. The highest BCUT2D eigenvalue weighted by Gasteiger charge is 2.23. The molecule has 0 bridgehead atoms. The summed E-state index contributed by atoms with van der Waals surface area (Å²) in [4.78, 5) is 12.3. The number of carbonyl (C=O) groups excluding carboxylic acids is 1. The van der Waals surface area contributed by atoms with E-state index in [1.54, 1.807) is 12.1 Å². The van der Waals surface area contributed by atoms with E-state index < -0.39 is 15.9 Å². The molecule has 152 valence electrons. The summed E-state index contributed by atoms with van der Waals surface area (Å²) in [6.45, 7) is -0.212. The monoisotopic (exact) mass is 414 g/mol. The number of anilines is 1. The van der Waals surface area contributed by atoms with Crippen molar-refractivity contribution in [2.75, 3.05) is 33.1 Å². The molecular formula is C21H22N2O5S. The number of fused-ring (bicyclic) bond motifs is 1. The molecule has 3 rings (SSSR count). The summed E-state index contributed by atoms with van der Waals surface area (Å²) < 4.78 is 36.9. The van der Waals surface area contributed by atoms with Crippen molar-refractivity contribution in [2.45, 2.75) is 4.90 Å². The van der Waals surface area contributed by atoms with Crippen molar-refractivity contribution in [3.63, 3.8) is 0 Å². The van der Waals surface area contributed by atoms with Crippen molar-refractivity contribution in [3.8, 4) is 11.5 Å². The van der Waals surface area contributed by atoms with Crippen molar-refractivity contribution in [2.24, 2.45) is 0 Å². The van der Waals surface area contributed by atoms with E-state index in [9.17, 15) is 13.2 Å². The second-order valence-electron chi connectivity index (χ2n) is 6.47. The summed E-state index contributed by atoms with van der Waals surface area (Å²) in [6.07, 6.45) is 0. The van der Waals surface area contributed by atoms with Crippen molar-refractivity contribution in [1.29, 1.82) is 0 Å². The zero-order chi connectivity index (χ0) is 21.0. The second kappa shape index (κ2) is 8.50. The Labute approximate surface area is 169 Å². The Hall–Kier alpha value is -3.10. The van der Waals surface area contributed by atoms with Gasteiger partial charge in [0, 0.05) is 25.2 Å². The number of nitrogens with one attached hydrogen (secondary N) is 1. The molecule has 0 aliphatic heterocycles. The van der Waals surface area contributed by atoms with Crippen molar-refractivity contribution in [3.05, 3.63) is 60.7 Å². The smallest absolute Gasteiger partial charge is 0.262 e. The first-order valence-electron chi connectivity index (χ1n) is 8.84. The maximum atomic E-state index is 12.5. The van der Waals surface area contributed by atoms with E-state index in [-0.39, 0.29) is 17.3 Å². The molecule has 0 saturated heterocycles. The van der Waals surface area contributed by atoms with Gasteiger partial charge in [0.15, 0.2) is 6.61 Å². The molecule has 3 aromatic carbocycles. The number of ether oxygens (including phenoxy) is 2. The fourth-order valence-electron chi connectivity index (χ4n) is 2.81. The molecule has 1 N–H and O–H groups in total. The highest BCUT2D eigenvalue weighted by atomic mass is 32.2. The van der Waals surface area contributed by atoms with E-state index in [1.807, 2.05) is 36.4 Å². The van der Waals surface area contributed by atoms with Crippen LogP contribution < -0.4 is 14.8 Å². The topological polar surface area (TPSA) is 84.9 Å². The molecule has 8 heteroatoms. The van der Waals surface area contributed by atoms with Gasteiger partial charge < -0.3 is 14.8 Å². The van der Waals surface area contributed by atoms with Crippen LogP contribution in [0.3, 0.4) is 0 Å². The van der Waals surface area contributed by atoms with E-state index in [1.165, 1.54) is 33.3 Å². The van der Waals surface area contributed by atoms with Crippen LogP contribution in [-0.2, 0) is 14.8 Å². The van der Waals surface area contributed by atoms with Crippen molar-refractivity contribution in [1.82, 2.24) is 4.31 Å². The zero-order valence-electron chi connectivity index (χ0n) is 16.4. The van der Waals surface area contributed by atoms with Crippen LogP contribution in [0.4, 0.5) is 5.69 Å². The average Bonchev–Trinajstić information content (AvgIpc) is 2.72. The third kappa shape index (κ3) is 4.49. The van der Waals surface area contributed by atoms with Crippen LogP contribution in [0, 0.1) is 0 Å². The number of rotatable bonds is 7. The molecule has 0 atom stereocenters. The van der Waals surface area contributed by atoms with E-state index in [0.717, 1.165) is 15.1 Å². The lowest BCUT2D eigenvalue weighted by atomic mass is 10.1. The number of benzene rings is 3. The van der Waals surface area contributed by atoms with Gasteiger partial charge >= 0.3 is 0 Å². The SMILES string of the molecule is COc1ccc(NC(=O)COc2cccc3ccccc23)cc1S(=O)(=O)N(C)C. The van der Waals surface area contributed by atoms with Gasteiger partial charge in [-0.15, -0.1) is 0 Å². The summed E-state index contributed by atoms with van der Waals surface area (Å²) in [5, 5.41) is 4.58. The molecule has 0 aromatic heterocycles. The van der Waals surface area contributed by atoms with Gasteiger partial charge in [-0.3, -0.25) is 4.79 Å². The molecule has 0 unspecified atom stereocenters. The zero-order valence-corrected chi connectivity index (χ0v) is 17.2. The standard InChI is InChI=1S/C21H22N2O5S/c1-23(2)29(25,26)20-13-16(11-12-19(20)27-3)22-21(24)14-28-18-10-6-8-15-7-4-5-9-17(15)18/h4-13H,14H2,1-3H3,(H,22,24). The Morgan fingerprint density at radius 2 is 1.72 bits per heavy atom. The Morgan fingerprint density at radius 1 is 1.00 bits per heavy atom. The lowest BCUT2D eigenvalue weighted by Crippen LogP contribution is -2.24. The van der Waals surface area contributed by atoms with Crippen LogP contribution in [0.25, 0.3) is 10.8 Å². The summed E-state index contributed by atoms with van der Waals surface area (Å²) in [5.74, 6) is 0.392. The molecule has 7 nitrogen and oxygen atoms in total. The highest BCUT2D eigenvalue weighted by molar-refractivity contribution is 7.89. The minimum Gasteiger partial charge on any atom is -0.495 e. The Morgan fingerprint density at radius 3 is 2.45 bits per heavy atom. The van der Waals surface area contributed by atoms with Gasteiger partial charge in [-0.1, -0.05) is 36.4 Å². The molecule has 0 radical (unpaired) electrons. The number of methoxy groups -OCH3 is 1. The number of nitrogens with zero attached hydrogens (tertiary/aromatic N) is 1. The number of sulfonamides is 1. The van der Waals surface area contributed by atoms with Crippen molar-refractivity contribution < 1.29 is 22.7 Å². The van der Waals surface area contributed by atoms with Gasteiger partial charge in [0.05, 0.1) is 7.11 Å². The Balaban J connectivity index is 1.75. The predicted octanol–water partition coefficient (Wildman–Crippen LogP) is 3.12. The lowest BCUT2D eigenvalue weighted by molar-refractivity contribution is -0.118. The van der Waals surface area contributed by atoms with Gasteiger partial charge in [-0.05, 0) is 29.7 Å². The summed E-state index contributed by atoms with van der Waals surface area (Å²) in [6, 6.07) is 17.8. The quantitative estimate of drug-likeness (QED) is 0.642. The molecule has 0 fully saturated rings. The van der Waals surface area contributed by atoms with Crippen LogP contribution in [0.1, 0.15) is 0 Å². The van der Waals surface area contributed by atoms with E-state index >= 15 is 0 Å². The number of hydrogen-bond donors (Lipinski definition) is 1. The second-order valence-corrected chi connectivity index (χ2v) is 8.59. The molecule has 29 heavy (non-hydrogen) atoms. The molecule has 0 heterocycles. The number of amides is 1. The van der Waals surface area contributed by atoms with Gasteiger partial charge in [0.2, 0.25) is 10.0 Å². The van der Waals surface area contributed by atoms with E-state index in [0.29, 0.717) is 11.4 Å². The fraction of sp³-hybridized carbons (Fsp3) is 0.190. The van der Waals surface area contributed by atoms with Gasteiger partial charge in [-0.2, -0.15) is 0 Å². The Kier molecular flexibility index (Phi) is 6.05. The number of carbonyl (C=O) groups is 1. The van der Waals surface area contributed by atoms with Crippen LogP contribution in [0.2, 0.25) is 0 Å². The average molecular weight is 414 g/mol. The van der Waals surface area contributed by atoms with Crippen LogP contribution in [0.15, 0.2) is 65.6 Å². The van der Waals surface area contributed by atoms with Crippen LogP contribution in [0.5, 0.6) is 11.5 Å². The minimum atomic E-state index is -3.73. The van der Waals surface area contributed by atoms with Gasteiger partial charge in [0.1, 0.15) is 16.4 Å². The molecule has 0 aliphatic rings.